The Hall–Kier alpha value is -2.17. The summed E-state index contributed by atoms with van der Waals surface area (Å²) in [4.78, 5) is 37.2. The summed E-state index contributed by atoms with van der Waals surface area (Å²) in [6.07, 6.45) is 1.81. The molecule has 1 aromatic rings. The molecular weight excluding hydrogens is 296 g/mol. The van der Waals surface area contributed by atoms with Crippen molar-refractivity contribution < 1.29 is 23.9 Å². The van der Waals surface area contributed by atoms with Gasteiger partial charge < -0.3 is 9.47 Å². The molecule has 1 atom stereocenters. The van der Waals surface area contributed by atoms with Crippen LogP contribution >= 0.6 is 0 Å². The van der Waals surface area contributed by atoms with E-state index in [0.717, 1.165) is 5.56 Å². The summed E-state index contributed by atoms with van der Waals surface area (Å²) in [6, 6.07) is 7.32. The largest absolute Gasteiger partial charge is 0.468 e. The fourth-order valence-corrected chi connectivity index (χ4v) is 3.56. The zero-order chi connectivity index (χ0) is 17.0. The second kappa shape index (κ2) is 6.94. The van der Waals surface area contributed by atoms with E-state index < -0.39 is 23.3 Å². The number of Topliss-reactive ketones (excluding diaryl/α,β-unsaturated/α-hetero) is 1. The van der Waals surface area contributed by atoms with E-state index >= 15 is 0 Å². The zero-order valence-electron chi connectivity index (χ0n) is 13.8. The first kappa shape index (κ1) is 17.2. The van der Waals surface area contributed by atoms with Gasteiger partial charge in [-0.05, 0) is 31.2 Å². The first-order valence-electron chi connectivity index (χ1n) is 7.73. The van der Waals surface area contributed by atoms with Gasteiger partial charge in [0.2, 0.25) is 0 Å². The van der Waals surface area contributed by atoms with E-state index in [-0.39, 0.29) is 12.2 Å². The van der Waals surface area contributed by atoms with Crippen molar-refractivity contribution in [3.05, 3.63) is 35.4 Å². The highest BCUT2D eigenvalue weighted by Gasteiger charge is 2.57. The third-order valence-corrected chi connectivity index (χ3v) is 4.80. The van der Waals surface area contributed by atoms with E-state index in [9.17, 15) is 14.4 Å². The summed E-state index contributed by atoms with van der Waals surface area (Å²) < 4.78 is 9.70. The smallest absolute Gasteiger partial charge is 0.323 e. The number of hydrogen-bond donors (Lipinski definition) is 0. The van der Waals surface area contributed by atoms with Crippen LogP contribution in [0.3, 0.4) is 0 Å². The number of benzene rings is 1. The van der Waals surface area contributed by atoms with Crippen LogP contribution in [-0.4, -0.2) is 31.9 Å². The third-order valence-electron chi connectivity index (χ3n) is 4.80. The van der Waals surface area contributed by atoms with E-state index in [0.29, 0.717) is 24.8 Å². The van der Waals surface area contributed by atoms with Crippen molar-refractivity contribution >= 4 is 17.7 Å². The second-order valence-electron chi connectivity index (χ2n) is 5.99. The van der Waals surface area contributed by atoms with Gasteiger partial charge >= 0.3 is 11.9 Å². The third kappa shape index (κ3) is 3.00. The number of methoxy groups -OCH3 is 2. The first-order valence-corrected chi connectivity index (χ1v) is 7.73. The minimum Gasteiger partial charge on any atom is -0.468 e. The van der Waals surface area contributed by atoms with Crippen molar-refractivity contribution in [2.24, 2.45) is 11.3 Å². The van der Waals surface area contributed by atoms with Gasteiger partial charge in [-0.2, -0.15) is 0 Å². The molecule has 0 aliphatic heterocycles. The van der Waals surface area contributed by atoms with Crippen molar-refractivity contribution in [3.8, 4) is 0 Å². The predicted molar refractivity (Wildman–Crippen MR) is 83.9 cm³/mol. The summed E-state index contributed by atoms with van der Waals surface area (Å²) in [5, 5.41) is 0. The molecule has 0 heterocycles. The molecule has 1 aromatic carbocycles. The molecule has 1 aliphatic rings. The van der Waals surface area contributed by atoms with Gasteiger partial charge in [-0.15, -0.1) is 0 Å². The maximum absolute atomic E-state index is 12.6. The second-order valence-corrected chi connectivity index (χ2v) is 5.99. The molecule has 0 spiro atoms. The first-order chi connectivity index (χ1) is 11.0. The van der Waals surface area contributed by atoms with Crippen molar-refractivity contribution in [2.75, 3.05) is 14.2 Å². The van der Waals surface area contributed by atoms with Crippen molar-refractivity contribution in [2.45, 2.75) is 32.6 Å². The van der Waals surface area contributed by atoms with Crippen LogP contribution in [-0.2, 0) is 19.1 Å². The number of ketones is 1. The summed E-state index contributed by atoms with van der Waals surface area (Å²) in [5.74, 6) is -1.67. The number of aryl methyl sites for hydroxylation is 1. The lowest BCUT2D eigenvalue weighted by Crippen LogP contribution is -2.44. The Morgan fingerprint density at radius 3 is 2.30 bits per heavy atom. The van der Waals surface area contributed by atoms with Gasteiger partial charge in [-0.25, -0.2) is 0 Å². The normalized spacial score (nSPS) is 19.2. The number of esters is 2. The Kier molecular flexibility index (Phi) is 5.19. The average molecular weight is 318 g/mol. The molecule has 1 fully saturated rings. The molecule has 0 radical (unpaired) electrons. The maximum atomic E-state index is 12.6. The van der Waals surface area contributed by atoms with Gasteiger partial charge in [0.15, 0.2) is 11.2 Å². The Labute approximate surface area is 136 Å². The van der Waals surface area contributed by atoms with Crippen LogP contribution in [0.25, 0.3) is 0 Å². The fourth-order valence-electron chi connectivity index (χ4n) is 3.56. The molecule has 124 valence electrons. The minimum atomic E-state index is -1.36. The highest BCUT2D eigenvalue weighted by Crippen LogP contribution is 2.47. The summed E-state index contributed by atoms with van der Waals surface area (Å²) in [5.41, 5.74) is 0.155. The number of rotatable bonds is 5. The number of carbonyl (C=O) groups excluding carboxylic acids is 3. The molecule has 1 aliphatic carbocycles. The van der Waals surface area contributed by atoms with Crippen molar-refractivity contribution in [3.63, 3.8) is 0 Å². The van der Waals surface area contributed by atoms with E-state index in [2.05, 4.69) is 0 Å². The molecule has 5 heteroatoms. The number of hydrogen-bond acceptors (Lipinski definition) is 5. The SMILES string of the molecule is COC(=O)C1(C(=O)OC)CCC[C@H]1CC(=O)c1ccccc1C. The molecule has 5 nitrogen and oxygen atoms in total. The Morgan fingerprint density at radius 2 is 1.74 bits per heavy atom. The van der Waals surface area contributed by atoms with Gasteiger partial charge in [0.25, 0.3) is 0 Å². The average Bonchev–Trinajstić information content (AvgIpc) is 2.98. The molecular formula is C18H22O5. The van der Waals surface area contributed by atoms with E-state index in [1.807, 2.05) is 25.1 Å². The van der Waals surface area contributed by atoms with Gasteiger partial charge in [0, 0.05) is 12.0 Å². The number of ether oxygens (including phenoxy) is 2. The van der Waals surface area contributed by atoms with Crippen molar-refractivity contribution in [1.29, 1.82) is 0 Å². The highest BCUT2D eigenvalue weighted by molar-refractivity contribution is 6.03. The highest BCUT2D eigenvalue weighted by atomic mass is 16.5. The van der Waals surface area contributed by atoms with Crippen LogP contribution in [0.2, 0.25) is 0 Å². The standard InChI is InChI=1S/C18H22O5/c1-12-7-4-5-9-14(12)15(19)11-13-8-6-10-18(13,16(20)22-2)17(21)23-3/h4-5,7,9,13H,6,8,10-11H2,1-3H3/t13-/m0/s1. The monoisotopic (exact) mass is 318 g/mol. The zero-order valence-corrected chi connectivity index (χ0v) is 13.8. The molecule has 2 rings (SSSR count). The van der Waals surface area contributed by atoms with Crippen LogP contribution in [0.5, 0.6) is 0 Å². The molecule has 0 saturated heterocycles. The number of carbonyl (C=O) groups is 3. The van der Waals surface area contributed by atoms with Crippen LogP contribution in [0, 0.1) is 18.3 Å². The quantitative estimate of drug-likeness (QED) is 0.474. The van der Waals surface area contributed by atoms with Crippen LogP contribution in [0.15, 0.2) is 24.3 Å². The van der Waals surface area contributed by atoms with Gasteiger partial charge in [0.1, 0.15) is 0 Å². The maximum Gasteiger partial charge on any atom is 0.323 e. The molecule has 0 aromatic heterocycles. The summed E-state index contributed by atoms with van der Waals surface area (Å²) >= 11 is 0. The van der Waals surface area contributed by atoms with E-state index in [4.69, 9.17) is 9.47 Å². The Balaban J connectivity index is 2.30. The summed E-state index contributed by atoms with van der Waals surface area (Å²) in [7, 11) is 2.51. The molecule has 23 heavy (non-hydrogen) atoms. The van der Waals surface area contributed by atoms with Crippen molar-refractivity contribution in [1.82, 2.24) is 0 Å². The Bertz CT molecular complexity index is 604. The van der Waals surface area contributed by atoms with Crippen LogP contribution in [0.4, 0.5) is 0 Å². The summed E-state index contributed by atoms with van der Waals surface area (Å²) in [6.45, 7) is 1.87. The predicted octanol–water partition coefficient (Wildman–Crippen LogP) is 2.70. The molecule has 1 saturated carbocycles. The van der Waals surface area contributed by atoms with Crippen LogP contribution < -0.4 is 0 Å². The molecule has 0 N–H and O–H groups in total. The van der Waals surface area contributed by atoms with E-state index in [1.165, 1.54) is 14.2 Å². The van der Waals surface area contributed by atoms with Gasteiger partial charge in [-0.1, -0.05) is 30.7 Å². The van der Waals surface area contributed by atoms with Crippen LogP contribution in [0.1, 0.15) is 41.6 Å². The molecule has 0 unspecified atom stereocenters. The lowest BCUT2D eigenvalue weighted by atomic mass is 9.74. The van der Waals surface area contributed by atoms with Gasteiger partial charge in [-0.3, -0.25) is 14.4 Å². The molecule has 0 amide bonds. The fraction of sp³-hybridized carbons (Fsp3) is 0.500. The minimum absolute atomic E-state index is 0.0628. The topological polar surface area (TPSA) is 69.7 Å². The van der Waals surface area contributed by atoms with Gasteiger partial charge in [0.05, 0.1) is 14.2 Å². The lowest BCUT2D eigenvalue weighted by Gasteiger charge is -2.29. The van der Waals surface area contributed by atoms with E-state index in [1.54, 1.807) is 6.07 Å². The lowest BCUT2D eigenvalue weighted by molar-refractivity contribution is -0.172. The molecule has 0 bridgehead atoms. The Morgan fingerprint density at radius 1 is 1.13 bits per heavy atom.